The number of aromatic carboxylic acids is 1. The third-order valence-electron chi connectivity index (χ3n) is 3.40. The van der Waals surface area contributed by atoms with Gasteiger partial charge >= 0.3 is 11.7 Å². The molecule has 8 heteroatoms. The first kappa shape index (κ1) is 16.3. The molecule has 1 heterocycles. The maximum absolute atomic E-state index is 11.8. The quantitative estimate of drug-likeness (QED) is 0.808. The minimum atomic E-state index is -1.23. The van der Waals surface area contributed by atoms with E-state index in [9.17, 15) is 9.59 Å². The van der Waals surface area contributed by atoms with Crippen LogP contribution in [0.3, 0.4) is 0 Å². The summed E-state index contributed by atoms with van der Waals surface area (Å²) in [6.07, 6.45) is 1.42. The monoisotopic (exact) mass is 319 g/mol. The molecule has 1 aromatic carbocycles. The minimum Gasteiger partial charge on any atom is -0.493 e. The lowest BCUT2D eigenvalue weighted by atomic mass is 10.1. The molecule has 0 amide bonds. The van der Waals surface area contributed by atoms with Crippen molar-refractivity contribution in [1.29, 1.82) is 0 Å². The average molecular weight is 319 g/mol. The molecule has 122 valence electrons. The van der Waals surface area contributed by atoms with Crippen LogP contribution in [0.15, 0.2) is 29.2 Å². The van der Waals surface area contributed by atoms with Crippen LogP contribution in [0.2, 0.25) is 0 Å². The fourth-order valence-corrected chi connectivity index (χ4v) is 2.16. The smallest absolute Gasteiger partial charge is 0.349 e. The van der Waals surface area contributed by atoms with Gasteiger partial charge in [0.2, 0.25) is 0 Å². The van der Waals surface area contributed by atoms with Gasteiger partial charge in [0.15, 0.2) is 11.5 Å². The number of carboxylic acids is 1. The number of carbonyl (C=O) groups is 1. The molecule has 0 atom stereocenters. The number of carboxylic acid groups (broad SMARTS) is 1. The summed E-state index contributed by atoms with van der Waals surface area (Å²) >= 11 is 0. The number of hydrogen-bond acceptors (Lipinski definition) is 6. The van der Waals surface area contributed by atoms with Gasteiger partial charge in [0, 0.05) is 6.54 Å². The Morgan fingerprint density at radius 2 is 2.00 bits per heavy atom. The van der Waals surface area contributed by atoms with Gasteiger partial charge < -0.3 is 20.3 Å². The molecule has 2 rings (SSSR count). The third-order valence-corrected chi connectivity index (χ3v) is 3.40. The van der Waals surface area contributed by atoms with Gasteiger partial charge in [-0.05, 0) is 24.1 Å². The van der Waals surface area contributed by atoms with Gasteiger partial charge in [-0.3, -0.25) is 4.57 Å². The number of nitrogen functional groups attached to an aromatic ring is 1. The van der Waals surface area contributed by atoms with E-state index in [0.717, 1.165) is 16.3 Å². The summed E-state index contributed by atoms with van der Waals surface area (Å²) in [5.74, 6) is -0.168. The first-order valence-electron chi connectivity index (χ1n) is 6.77. The van der Waals surface area contributed by atoms with Crippen LogP contribution in [0.5, 0.6) is 11.5 Å². The molecule has 23 heavy (non-hydrogen) atoms. The molecule has 0 fully saturated rings. The highest BCUT2D eigenvalue weighted by molar-refractivity contribution is 5.92. The van der Waals surface area contributed by atoms with E-state index >= 15 is 0 Å². The standard InChI is InChI=1S/C15H17N3O5/c1-22-11-4-3-9(7-12(11)23-2)5-6-18-13(16)10(14(19)20)8-17-15(18)21/h3-4,7-8H,5-6,16H2,1-2H3,(H,19,20). The predicted octanol–water partition coefficient (Wildman–Crippen LogP) is 0.784. The molecule has 0 aliphatic rings. The third kappa shape index (κ3) is 3.42. The fraction of sp³-hybridized carbons (Fsp3) is 0.267. The number of nitrogens with two attached hydrogens (primary N) is 1. The summed E-state index contributed by atoms with van der Waals surface area (Å²) in [6, 6.07) is 5.37. The molecule has 8 nitrogen and oxygen atoms in total. The summed E-state index contributed by atoms with van der Waals surface area (Å²) in [5, 5.41) is 9.03. The summed E-state index contributed by atoms with van der Waals surface area (Å²) < 4.78 is 11.5. The van der Waals surface area contributed by atoms with E-state index in [1.165, 1.54) is 7.11 Å². The second kappa shape index (κ2) is 6.82. The van der Waals surface area contributed by atoms with E-state index in [-0.39, 0.29) is 17.9 Å². The molecule has 1 aromatic heterocycles. The zero-order valence-electron chi connectivity index (χ0n) is 12.8. The number of benzene rings is 1. The largest absolute Gasteiger partial charge is 0.493 e. The highest BCUT2D eigenvalue weighted by Crippen LogP contribution is 2.27. The van der Waals surface area contributed by atoms with Crippen molar-refractivity contribution in [3.05, 3.63) is 46.0 Å². The van der Waals surface area contributed by atoms with E-state index in [0.29, 0.717) is 17.9 Å². The Balaban J connectivity index is 2.26. The Bertz CT molecular complexity index is 785. The topological polar surface area (TPSA) is 117 Å². The molecule has 3 N–H and O–H groups in total. The second-order valence-electron chi connectivity index (χ2n) is 4.74. The van der Waals surface area contributed by atoms with E-state index in [1.807, 2.05) is 6.07 Å². The van der Waals surface area contributed by atoms with Crippen molar-refractivity contribution < 1.29 is 19.4 Å². The molecule has 0 aliphatic heterocycles. The van der Waals surface area contributed by atoms with Crippen LogP contribution in [-0.4, -0.2) is 34.8 Å². The van der Waals surface area contributed by atoms with Crippen LogP contribution in [0.4, 0.5) is 5.82 Å². The Kier molecular flexibility index (Phi) is 4.85. The number of methoxy groups -OCH3 is 2. The van der Waals surface area contributed by atoms with Gasteiger partial charge in [-0.25, -0.2) is 14.6 Å². The van der Waals surface area contributed by atoms with Gasteiger partial charge in [0.25, 0.3) is 0 Å². The Morgan fingerprint density at radius 3 is 2.61 bits per heavy atom. The molecule has 0 saturated carbocycles. The Labute approximate surface area is 132 Å². The van der Waals surface area contributed by atoms with E-state index in [2.05, 4.69) is 4.98 Å². The number of aryl methyl sites for hydroxylation is 1. The highest BCUT2D eigenvalue weighted by atomic mass is 16.5. The van der Waals surface area contributed by atoms with Gasteiger partial charge in [0.1, 0.15) is 11.4 Å². The molecule has 0 bridgehead atoms. The molecule has 0 unspecified atom stereocenters. The number of aromatic nitrogens is 2. The van der Waals surface area contributed by atoms with Crippen molar-refractivity contribution >= 4 is 11.8 Å². The summed E-state index contributed by atoms with van der Waals surface area (Å²) in [7, 11) is 3.07. The molecule has 2 aromatic rings. The first-order valence-corrected chi connectivity index (χ1v) is 6.77. The zero-order chi connectivity index (χ0) is 17.0. The number of hydrogen-bond donors (Lipinski definition) is 2. The molecule has 0 radical (unpaired) electrons. The number of nitrogens with zero attached hydrogens (tertiary/aromatic N) is 2. The number of rotatable bonds is 6. The predicted molar refractivity (Wildman–Crippen MR) is 83.1 cm³/mol. The van der Waals surface area contributed by atoms with Crippen LogP contribution >= 0.6 is 0 Å². The number of ether oxygens (including phenoxy) is 2. The van der Waals surface area contributed by atoms with Crippen LogP contribution in [0.25, 0.3) is 0 Å². The van der Waals surface area contributed by atoms with Crippen molar-refractivity contribution in [3.8, 4) is 11.5 Å². The van der Waals surface area contributed by atoms with Gasteiger partial charge in [-0.2, -0.15) is 0 Å². The lowest BCUT2D eigenvalue weighted by Crippen LogP contribution is -2.28. The van der Waals surface area contributed by atoms with E-state index in [4.69, 9.17) is 20.3 Å². The summed E-state index contributed by atoms with van der Waals surface area (Å²) in [6.45, 7) is 0.203. The maximum Gasteiger partial charge on any atom is 0.349 e. The Hall–Kier alpha value is -3.03. The lowest BCUT2D eigenvalue weighted by molar-refractivity contribution is 0.0696. The first-order chi connectivity index (χ1) is 11.0. The minimum absolute atomic E-state index is 0.113. The van der Waals surface area contributed by atoms with Gasteiger partial charge in [-0.1, -0.05) is 6.07 Å². The van der Waals surface area contributed by atoms with Crippen molar-refractivity contribution in [3.63, 3.8) is 0 Å². The molecule has 0 aliphatic carbocycles. The van der Waals surface area contributed by atoms with Crippen molar-refractivity contribution in [2.45, 2.75) is 13.0 Å². The zero-order valence-corrected chi connectivity index (χ0v) is 12.8. The van der Waals surface area contributed by atoms with Crippen molar-refractivity contribution in [1.82, 2.24) is 9.55 Å². The van der Waals surface area contributed by atoms with Crippen molar-refractivity contribution in [2.24, 2.45) is 0 Å². The molecular formula is C15H17N3O5. The highest BCUT2D eigenvalue weighted by Gasteiger charge is 2.14. The second-order valence-corrected chi connectivity index (χ2v) is 4.74. The van der Waals surface area contributed by atoms with E-state index < -0.39 is 11.7 Å². The average Bonchev–Trinajstić information content (AvgIpc) is 2.54. The summed E-state index contributed by atoms with van der Waals surface area (Å²) in [5.41, 5.74) is 5.85. The van der Waals surface area contributed by atoms with Crippen LogP contribution in [-0.2, 0) is 13.0 Å². The fourth-order valence-electron chi connectivity index (χ4n) is 2.16. The molecule has 0 spiro atoms. The number of anilines is 1. The Morgan fingerprint density at radius 1 is 1.30 bits per heavy atom. The lowest BCUT2D eigenvalue weighted by Gasteiger charge is -2.12. The van der Waals surface area contributed by atoms with Crippen LogP contribution < -0.4 is 20.9 Å². The molecular weight excluding hydrogens is 302 g/mol. The molecule has 0 saturated heterocycles. The SMILES string of the molecule is COc1ccc(CCn2c(N)c(C(=O)O)cnc2=O)cc1OC. The van der Waals surface area contributed by atoms with E-state index in [1.54, 1.807) is 19.2 Å². The normalized spacial score (nSPS) is 10.3. The van der Waals surface area contributed by atoms with Crippen LogP contribution in [0.1, 0.15) is 15.9 Å². The maximum atomic E-state index is 11.8. The van der Waals surface area contributed by atoms with Crippen LogP contribution in [0, 0.1) is 0 Å². The van der Waals surface area contributed by atoms with Crippen molar-refractivity contribution in [2.75, 3.05) is 20.0 Å². The summed E-state index contributed by atoms with van der Waals surface area (Å²) in [4.78, 5) is 26.4. The van der Waals surface area contributed by atoms with Gasteiger partial charge in [0.05, 0.1) is 20.4 Å². The van der Waals surface area contributed by atoms with Gasteiger partial charge in [-0.15, -0.1) is 0 Å².